The molecule has 0 bridgehead atoms. The molecule has 0 unspecified atom stereocenters. The van der Waals surface area contributed by atoms with Crippen LogP contribution in [0, 0.1) is 6.92 Å². The Morgan fingerprint density at radius 1 is 1.41 bits per heavy atom. The van der Waals surface area contributed by atoms with Crippen LogP contribution >= 0.6 is 0 Å². The van der Waals surface area contributed by atoms with Gasteiger partial charge < -0.3 is 0 Å². The standard InChI is InChI=1S/C13H13F2NO/c1-9-3-4-10(12(2,14)15)11(7-9)13(5-6-13)16-8-17/h3-4,7H,5-6H2,1-2H3. The molecule has 1 fully saturated rings. The van der Waals surface area contributed by atoms with Gasteiger partial charge in [-0.1, -0.05) is 23.8 Å². The van der Waals surface area contributed by atoms with Crippen LogP contribution in [0.15, 0.2) is 23.2 Å². The normalized spacial score (nSPS) is 17.4. The molecule has 0 aromatic heterocycles. The first-order valence-corrected chi connectivity index (χ1v) is 5.47. The molecule has 1 aromatic rings. The lowest BCUT2D eigenvalue weighted by Gasteiger charge is -2.19. The van der Waals surface area contributed by atoms with Crippen molar-refractivity contribution in [2.24, 2.45) is 4.99 Å². The van der Waals surface area contributed by atoms with Crippen LogP contribution in [0.5, 0.6) is 0 Å². The van der Waals surface area contributed by atoms with Crippen LogP contribution in [0.25, 0.3) is 0 Å². The van der Waals surface area contributed by atoms with Crippen molar-refractivity contribution < 1.29 is 13.6 Å². The Balaban J connectivity index is 2.60. The summed E-state index contributed by atoms with van der Waals surface area (Å²) in [5.74, 6) is -2.92. The van der Waals surface area contributed by atoms with Crippen LogP contribution in [0.3, 0.4) is 0 Å². The summed E-state index contributed by atoms with van der Waals surface area (Å²) in [7, 11) is 0. The number of rotatable bonds is 3. The molecule has 1 aromatic carbocycles. The van der Waals surface area contributed by atoms with Gasteiger partial charge in [0.05, 0.1) is 5.54 Å². The number of hydrogen-bond donors (Lipinski definition) is 0. The fraction of sp³-hybridized carbons (Fsp3) is 0.462. The quantitative estimate of drug-likeness (QED) is 0.585. The molecule has 0 spiro atoms. The van der Waals surface area contributed by atoms with Gasteiger partial charge in [-0.3, -0.25) is 0 Å². The van der Waals surface area contributed by atoms with Gasteiger partial charge in [0.15, 0.2) is 0 Å². The topological polar surface area (TPSA) is 29.4 Å². The van der Waals surface area contributed by atoms with E-state index in [-0.39, 0.29) is 5.56 Å². The second kappa shape index (κ2) is 3.74. The van der Waals surface area contributed by atoms with Crippen molar-refractivity contribution in [1.29, 1.82) is 0 Å². The van der Waals surface area contributed by atoms with Crippen molar-refractivity contribution in [3.63, 3.8) is 0 Å². The molecule has 90 valence electrons. The van der Waals surface area contributed by atoms with E-state index in [2.05, 4.69) is 4.99 Å². The zero-order valence-corrected chi connectivity index (χ0v) is 9.76. The minimum absolute atomic E-state index is 0.0420. The molecule has 1 aliphatic carbocycles. The maximum atomic E-state index is 13.5. The van der Waals surface area contributed by atoms with Crippen LogP contribution in [-0.4, -0.2) is 6.08 Å². The number of isocyanates is 1. The van der Waals surface area contributed by atoms with Gasteiger partial charge in [-0.15, -0.1) is 0 Å². The Hall–Kier alpha value is -1.54. The van der Waals surface area contributed by atoms with Crippen molar-refractivity contribution in [2.75, 3.05) is 0 Å². The number of carbonyl (C=O) groups excluding carboxylic acids is 1. The third-order valence-electron chi connectivity index (χ3n) is 3.13. The summed E-state index contributed by atoms with van der Waals surface area (Å²) in [5, 5.41) is 0. The number of alkyl halides is 2. The Labute approximate surface area is 98.4 Å². The molecule has 0 N–H and O–H groups in total. The van der Waals surface area contributed by atoms with Gasteiger partial charge in [0.1, 0.15) is 0 Å². The van der Waals surface area contributed by atoms with Crippen molar-refractivity contribution in [3.8, 4) is 0 Å². The van der Waals surface area contributed by atoms with Crippen LogP contribution in [0.4, 0.5) is 8.78 Å². The van der Waals surface area contributed by atoms with Crippen LogP contribution in [0.2, 0.25) is 0 Å². The van der Waals surface area contributed by atoms with Crippen molar-refractivity contribution in [1.82, 2.24) is 0 Å². The molecule has 0 heterocycles. The Morgan fingerprint density at radius 2 is 2.06 bits per heavy atom. The average molecular weight is 237 g/mol. The van der Waals surface area contributed by atoms with Crippen LogP contribution < -0.4 is 0 Å². The summed E-state index contributed by atoms with van der Waals surface area (Å²) < 4.78 is 27.0. The fourth-order valence-corrected chi connectivity index (χ4v) is 2.07. The monoisotopic (exact) mass is 237 g/mol. The summed E-state index contributed by atoms with van der Waals surface area (Å²) in [6.07, 6.45) is 2.76. The van der Waals surface area contributed by atoms with E-state index in [1.807, 2.05) is 6.92 Å². The van der Waals surface area contributed by atoms with Gasteiger partial charge in [0.25, 0.3) is 5.92 Å². The second-order valence-electron chi connectivity index (χ2n) is 4.67. The zero-order valence-electron chi connectivity index (χ0n) is 9.76. The highest BCUT2D eigenvalue weighted by molar-refractivity contribution is 5.46. The average Bonchev–Trinajstić information content (AvgIpc) is 2.97. The highest BCUT2D eigenvalue weighted by Gasteiger charge is 2.48. The highest BCUT2D eigenvalue weighted by atomic mass is 19.3. The van der Waals surface area contributed by atoms with E-state index in [4.69, 9.17) is 0 Å². The largest absolute Gasteiger partial charge is 0.270 e. The van der Waals surface area contributed by atoms with Crippen molar-refractivity contribution in [2.45, 2.75) is 38.2 Å². The first-order chi connectivity index (χ1) is 7.89. The number of nitrogens with zero attached hydrogens (tertiary/aromatic N) is 1. The van der Waals surface area contributed by atoms with E-state index < -0.39 is 11.5 Å². The maximum Gasteiger partial charge on any atom is 0.270 e. The molecule has 0 radical (unpaired) electrons. The highest BCUT2D eigenvalue weighted by Crippen LogP contribution is 2.52. The number of aryl methyl sites for hydroxylation is 1. The minimum Gasteiger partial charge on any atom is -0.211 e. The second-order valence-corrected chi connectivity index (χ2v) is 4.67. The summed E-state index contributed by atoms with van der Waals surface area (Å²) in [4.78, 5) is 14.1. The minimum atomic E-state index is -2.92. The van der Waals surface area contributed by atoms with Crippen LogP contribution in [0.1, 0.15) is 36.5 Å². The van der Waals surface area contributed by atoms with Gasteiger partial charge >= 0.3 is 0 Å². The lowest BCUT2D eigenvalue weighted by Crippen LogP contribution is -2.16. The third-order valence-corrected chi connectivity index (χ3v) is 3.13. The fourth-order valence-electron chi connectivity index (χ4n) is 2.07. The third kappa shape index (κ3) is 2.13. The summed E-state index contributed by atoms with van der Waals surface area (Å²) >= 11 is 0. The number of hydrogen-bond acceptors (Lipinski definition) is 2. The summed E-state index contributed by atoms with van der Waals surface area (Å²) in [5.41, 5.74) is 0.566. The lowest BCUT2D eigenvalue weighted by atomic mass is 9.93. The first kappa shape index (κ1) is 11.9. The number of halogens is 2. The van der Waals surface area contributed by atoms with E-state index in [0.29, 0.717) is 18.4 Å². The zero-order chi connectivity index (χ0) is 12.7. The molecule has 0 saturated heterocycles. The predicted octanol–water partition coefficient (Wildman–Crippen LogP) is 3.43. The maximum absolute atomic E-state index is 13.5. The molecule has 0 amide bonds. The van der Waals surface area contributed by atoms with Crippen molar-refractivity contribution >= 4 is 6.08 Å². The molecule has 2 nitrogen and oxygen atoms in total. The Morgan fingerprint density at radius 3 is 2.53 bits per heavy atom. The molecule has 4 heteroatoms. The van der Waals surface area contributed by atoms with E-state index in [1.165, 1.54) is 12.1 Å². The predicted molar refractivity (Wildman–Crippen MR) is 59.8 cm³/mol. The molecule has 0 aliphatic heterocycles. The van der Waals surface area contributed by atoms with Gasteiger partial charge in [-0.25, -0.2) is 13.6 Å². The van der Waals surface area contributed by atoms with Gasteiger partial charge in [0, 0.05) is 12.5 Å². The SMILES string of the molecule is Cc1ccc(C(C)(F)F)c(C2(N=C=O)CC2)c1. The van der Waals surface area contributed by atoms with Gasteiger partial charge in [-0.05, 0) is 25.3 Å². The van der Waals surface area contributed by atoms with E-state index in [1.54, 1.807) is 12.1 Å². The van der Waals surface area contributed by atoms with E-state index in [9.17, 15) is 13.6 Å². The molecule has 1 aliphatic rings. The van der Waals surface area contributed by atoms with Gasteiger partial charge in [-0.2, -0.15) is 4.99 Å². The smallest absolute Gasteiger partial charge is 0.211 e. The molecular formula is C13H13F2NO. The summed E-state index contributed by atoms with van der Waals surface area (Å²) in [6.45, 7) is 2.70. The molecule has 2 rings (SSSR count). The van der Waals surface area contributed by atoms with Crippen molar-refractivity contribution in [3.05, 3.63) is 34.9 Å². The van der Waals surface area contributed by atoms with Crippen LogP contribution in [-0.2, 0) is 16.3 Å². The first-order valence-electron chi connectivity index (χ1n) is 5.47. The van der Waals surface area contributed by atoms with E-state index >= 15 is 0 Å². The lowest BCUT2D eigenvalue weighted by molar-refractivity contribution is 0.0160. The van der Waals surface area contributed by atoms with E-state index in [0.717, 1.165) is 12.5 Å². The molecule has 17 heavy (non-hydrogen) atoms. The number of benzene rings is 1. The molecule has 1 saturated carbocycles. The molecular weight excluding hydrogens is 224 g/mol. The summed E-state index contributed by atoms with van der Waals surface area (Å²) in [6, 6.07) is 4.77. The Bertz CT molecular complexity index is 495. The Kier molecular flexibility index (Phi) is 2.63. The number of aliphatic imine (C=N–C) groups is 1. The van der Waals surface area contributed by atoms with Gasteiger partial charge in [0.2, 0.25) is 6.08 Å². The molecule has 0 atom stereocenters.